The van der Waals surface area contributed by atoms with E-state index in [9.17, 15) is 19.2 Å². The molecule has 1 heterocycles. The molecule has 0 aromatic carbocycles. The first kappa shape index (κ1) is 34.4. The Kier molecular flexibility index (Phi) is 19.1. The highest BCUT2D eigenvalue weighted by molar-refractivity contribution is 6.13. The molecule has 4 amide bonds. The van der Waals surface area contributed by atoms with Crippen LogP contribution in [0, 0.1) is 0 Å². The van der Waals surface area contributed by atoms with E-state index in [1.54, 1.807) is 0 Å². The molecule has 0 saturated heterocycles. The van der Waals surface area contributed by atoms with Crippen molar-refractivity contribution in [2.75, 3.05) is 85.7 Å². The number of ether oxygens (including phenoxy) is 6. The van der Waals surface area contributed by atoms with Crippen molar-refractivity contribution < 1.29 is 47.6 Å². The van der Waals surface area contributed by atoms with Crippen LogP contribution in [0.3, 0.4) is 0 Å². The molecule has 0 fully saturated rings. The lowest BCUT2D eigenvalue weighted by Crippen LogP contribution is -2.35. The summed E-state index contributed by atoms with van der Waals surface area (Å²) in [5, 5.41) is 5.39. The zero-order chi connectivity index (χ0) is 29.4. The normalized spacial score (nSPS) is 17.8. The topological polar surface area (TPSA) is 151 Å². The van der Waals surface area contributed by atoms with E-state index in [2.05, 4.69) is 22.8 Å². The molecule has 1 aliphatic heterocycles. The van der Waals surface area contributed by atoms with Crippen molar-refractivity contribution in [3.8, 4) is 0 Å². The molecular formula is C28H45N3O10. The number of carbonyl (C=O) groups excluding carboxylic acids is 4. The van der Waals surface area contributed by atoms with E-state index in [0.29, 0.717) is 79.2 Å². The van der Waals surface area contributed by atoms with Gasteiger partial charge in [-0.3, -0.25) is 19.3 Å². The zero-order valence-electron chi connectivity index (χ0n) is 23.9. The van der Waals surface area contributed by atoms with Crippen molar-refractivity contribution in [3.05, 3.63) is 24.3 Å². The lowest BCUT2D eigenvalue weighted by Gasteiger charge is -2.18. The number of allylic oxidation sites excluding steroid dienone is 2. The van der Waals surface area contributed by atoms with Crippen molar-refractivity contribution in [2.45, 2.75) is 44.6 Å². The molecule has 2 rings (SSSR count). The fraction of sp³-hybridized carbons (Fsp3) is 0.714. The Hall–Kier alpha value is -2.84. The molecular weight excluding hydrogens is 538 g/mol. The van der Waals surface area contributed by atoms with Gasteiger partial charge >= 0.3 is 6.09 Å². The van der Waals surface area contributed by atoms with Gasteiger partial charge in [-0.1, -0.05) is 12.2 Å². The van der Waals surface area contributed by atoms with Gasteiger partial charge in [0.15, 0.2) is 0 Å². The SMILES string of the molecule is O=C(CCN1C(=O)C=CC1=O)NCCOCCOCCOCCOCCOCCNC(=O)OC1CC/C=C\CCC1. The molecule has 232 valence electrons. The molecule has 1 unspecified atom stereocenters. The molecule has 0 bridgehead atoms. The van der Waals surface area contributed by atoms with Gasteiger partial charge in [-0.25, -0.2) is 4.79 Å². The van der Waals surface area contributed by atoms with E-state index < -0.39 is 17.9 Å². The summed E-state index contributed by atoms with van der Waals surface area (Å²) >= 11 is 0. The smallest absolute Gasteiger partial charge is 0.407 e. The molecule has 0 aromatic heterocycles. The van der Waals surface area contributed by atoms with Crippen LogP contribution in [0.4, 0.5) is 4.79 Å². The first-order valence-electron chi connectivity index (χ1n) is 14.3. The zero-order valence-corrected chi connectivity index (χ0v) is 23.9. The van der Waals surface area contributed by atoms with E-state index in [1.807, 2.05) is 0 Å². The number of nitrogens with zero attached hydrogens (tertiary/aromatic N) is 1. The molecule has 1 atom stereocenters. The van der Waals surface area contributed by atoms with Crippen LogP contribution >= 0.6 is 0 Å². The third kappa shape index (κ3) is 17.6. The molecule has 41 heavy (non-hydrogen) atoms. The van der Waals surface area contributed by atoms with Crippen molar-refractivity contribution in [2.24, 2.45) is 0 Å². The second-order valence-electron chi connectivity index (χ2n) is 9.26. The summed E-state index contributed by atoms with van der Waals surface area (Å²) in [6.07, 6.45) is 11.1. The average molecular weight is 584 g/mol. The van der Waals surface area contributed by atoms with Crippen LogP contribution in [0.1, 0.15) is 38.5 Å². The van der Waals surface area contributed by atoms with Crippen LogP contribution in [0.5, 0.6) is 0 Å². The Morgan fingerprint density at radius 2 is 1.22 bits per heavy atom. The van der Waals surface area contributed by atoms with E-state index in [0.717, 1.165) is 37.0 Å². The van der Waals surface area contributed by atoms with Crippen LogP contribution in [0.15, 0.2) is 24.3 Å². The van der Waals surface area contributed by atoms with Crippen molar-refractivity contribution in [1.82, 2.24) is 15.5 Å². The van der Waals surface area contributed by atoms with Crippen LogP contribution in [0.25, 0.3) is 0 Å². The average Bonchev–Trinajstić information content (AvgIpc) is 3.26. The van der Waals surface area contributed by atoms with Crippen molar-refractivity contribution in [1.29, 1.82) is 0 Å². The highest BCUT2D eigenvalue weighted by Gasteiger charge is 2.23. The van der Waals surface area contributed by atoms with Gasteiger partial charge in [0, 0.05) is 38.2 Å². The van der Waals surface area contributed by atoms with E-state index in [4.69, 9.17) is 28.4 Å². The number of nitrogens with one attached hydrogen (secondary N) is 2. The summed E-state index contributed by atoms with van der Waals surface area (Å²) in [6, 6.07) is 0. The molecule has 0 saturated carbocycles. The van der Waals surface area contributed by atoms with Gasteiger partial charge in [0.1, 0.15) is 6.10 Å². The number of imide groups is 1. The van der Waals surface area contributed by atoms with Gasteiger partial charge in [-0.05, 0) is 32.1 Å². The Morgan fingerprint density at radius 1 is 0.707 bits per heavy atom. The molecule has 2 N–H and O–H groups in total. The van der Waals surface area contributed by atoms with Gasteiger partial charge in [-0.2, -0.15) is 0 Å². The van der Waals surface area contributed by atoms with Crippen molar-refractivity contribution in [3.63, 3.8) is 0 Å². The summed E-state index contributed by atoms with van der Waals surface area (Å²) in [6.45, 7) is 4.92. The third-order valence-corrected chi connectivity index (χ3v) is 6.03. The maximum atomic E-state index is 11.9. The van der Waals surface area contributed by atoms with E-state index in [-0.39, 0.29) is 25.0 Å². The monoisotopic (exact) mass is 583 g/mol. The molecule has 13 heteroatoms. The predicted octanol–water partition coefficient (Wildman–Crippen LogP) is 1.12. The predicted molar refractivity (Wildman–Crippen MR) is 148 cm³/mol. The molecule has 0 spiro atoms. The number of rotatable bonds is 22. The maximum Gasteiger partial charge on any atom is 0.407 e. The first-order valence-corrected chi connectivity index (χ1v) is 14.3. The maximum absolute atomic E-state index is 11.9. The second kappa shape index (κ2) is 22.8. The van der Waals surface area contributed by atoms with Crippen molar-refractivity contribution >= 4 is 23.8 Å². The quantitative estimate of drug-likeness (QED) is 0.108. The molecule has 2 aliphatic rings. The largest absolute Gasteiger partial charge is 0.446 e. The summed E-state index contributed by atoms with van der Waals surface area (Å²) in [5.74, 6) is -1.05. The van der Waals surface area contributed by atoms with Gasteiger partial charge in [0.25, 0.3) is 11.8 Å². The third-order valence-electron chi connectivity index (χ3n) is 6.03. The molecule has 1 aliphatic carbocycles. The first-order chi connectivity index (χ1) is 20.1. The fourth-order valence-corrected chi connectivity index (χ4v) is 3.86. The highest BCUT2D eigenvalue weighted by atomic mass is 16.6. The van der Waals surface area contributed by atoms with Gasteiger partial charge in [-0.15, -0.1) is 0 Å². The standard InChI is InChI=1S/C28H45N3O10/c32-25(10-13-31-26(33)8-9-27(31)34)29-11-14-36-16-18-38-20-22-40-23-21-39-19-17-37-15-12-30-28(35)41-24-6-4-2-1-3-5-7-24/h1-2,8-9,24H,3-7,10-23H2,(H,29,32)(H,30,35)/b2-1-. The van der Waals surface area contributed by atoms with Crippen LogP contribution in [-0.4, -0.2) is 121 Å². The lowest BCUT2D eigenvalue weighted by atomic mass is 10.0. The van der Waals surface area contributed by atoms with Gasteiger partial charge < -0.3 is 39.1 Å². The minimum atomic E-state index is -0.397. The Morgan fingerprint density at radius 3 is 1.80 bits per heavy atom. The Balaban J connectivity index is 1.24. The minimum absolute atomic E-state index is 0.0182. The fourth-order valence-electron chi connectivity index (χ4n) is 3.86. The lowest BCUT2D eigenvalue weighted by molar-refractivity contribution is -0.137. The molecule has 0 aromatic rings. The van der Waals surface area contributed by atoms with Gasteiger partial charge in [0.05, 0.1) is 66.1 Å². The number of hydrogen-bond donors (Lipinski definition) is 2. The summed E-state index contributed by atoms with van der Waals surface area (Å²) in [7, 11) is 0. The number of carbonyl (C=O) groups is 4. The van der Waals surface area contributed by atoms with E-state index in [1.165, 1.54) is 12.2 Å². The number of alkyl carbamates (subject to hydrolysis) is 1. The summed E-state index contributed by atoms with van der Waals surface area (Å²) < 4.78 is 32.6. The Bertz CT molecular complexity index is 818. The molecule has 0 radical (unpaired) electrons. The summed E-state index contributed by atoms with van der Waals surface area (Å²) in [4.78, 5) is 47.5. The number of amides is 4. The number of hydrogen-bond acceptors (Lipinski definition) is 10. The second-order valence-corrected chi connectivity index (χ2v) is 9.26. The highest BCUT2D eigenvalue weighted by Crippen LogP contribution is 2.15. The van der Waals surface area contributed by atoms with Crippen LogP contribution in [0.2, 0.25) is 0 Å². The Labute approximate surface area is 241 Å². The van der Waals surface area contributed by atoms with E-state index >= 15 is 0 Å². The minimum Gasteiger partial charge on any atom is -0.446 e. The van der Waals surface area contributed by atoms with Crippen LogP contribution in [-0.2, 0) is 42.8 Å². The van der Waals surface area contributed by atoms with Crippen LogP contribution < -0.4 is 10.6 Å². The van der Waals surface area contributed by atoms with Gasteiger partial charge in [0.2, 0.25) is 5.91 Å². The summed E-state index contributed by atoms with van der Waals surface area (Å²) in [5.41, 5.74) is 0. The molecule has 13 nitrogen and oxygen atoms in total.